The third-order valence-electron chi connectivity index (χ3n) is 5.43. The SMILES string of the molecule is CCc1ccc([C@@]2(C)CCCc3c(-c4cc(=O)[nH]c(C)n4)nnn32)c(F)c1. The molecule has 0 saturated carbocycles. The van der Waals surface area contributed by atoms with E-state index < -0.39 is 5.54 Å². The summed E-state index contributed by atoms with van der Waals surface area (Å²) in [6, 6.07) is 6.87. The molecule has 1 aliphatic rings. The minimum absolute atomic E-state index is 0.216. The van der Waals surface area contributed by atoms with Crippen molar-refractivity contribution >= 4 is 0 Å². The lowest BCUT2D eigenvalue weighted by atomic mass is 9.82. The van der Waals surface area contributed by atoms with Crippen LogP contribution in [0.4, 0.5) is 4.39 Å². The normalized spacial score (nSPS) is 19.1. The van der Waals surface area contributed by atoms with Crippen molar-refractivity contribution in [1.82, 2.24) is 25.0 Å². The summed E-state index contributed by atoms with van der Waals surface area (Å²) in [6.07, 6.45) is 3.21. The quantitative estimate of drug-likeness (QED) is 0.772. The summed E-state index contributed by atoms with van der Waals surface area (Å²) in [5.74, 6) is 0.311. The van der Waals surface area contributed by atoms with Crippen molar-refractivity contribution in [2.24, 2.45) is 0 Å². The summed E-state index contributed by atoms with van der Waals surface area (Å²) in [4.78, 5) is 18.9. The Morgan fingerprint density at radius 2 is 2.15 bits per heavy atom. The highest BCUT2D eigenvalue weighted by Gasteiger charge is 2.38. The standard InChI is InChI=1S/C20H22FN5O/c1-4-13-7-8-14(15(21)10-13)20(3)9-5-6-17-19(24-25-26(17)20)16-11-18(27)23-12(2)22-16/h7-8,10-11H,4-6,9H2,1-3H3,(H,22,23,27)/t20-/m1/s1. The number of hydrogen-bond donors (Lipinski definition) is 1. The van der Waals surface area contributed by atoms with Gasteiger partial charge in [0.05, 0.1) is 11.2 Å². The lowest BCUT2D eigenvalue weighted by Gasteiger charge is -2.35. The van der Waals surface area contributed by atoms with Crippen LogP contribution < -0.4 is 5.56 Å². The highest BCUT2D eigenvalue weighted by molar-refractivity contribution is 5.57. The number of halogens is 1. The van der Waals surface area contributed by atoms with Gasteiger partial charge in [0.1, 0.15) is 23.0 Å². The van der Waals surface area contributed by atoms with Gasteiger partial charge in [-0.2, -0.15) is 0 Å². The molecule has 6 nitrogen and oxygen atoms in total. The molecule has 0 saturated heterocycles. The molecule has 0 fully saturated rings. The third-order valence-corrected chi connectivity index (χ3v) is 5.43. The van der Waals surface area contributed by atoms with Crippen LogP contribution in [-0.2, 0) is 18.4 Å². The molecule has 0 aliphatic carbocycles. The Kier molecular flexibility index (Phi) is 4.17. The van der Waals surface area contributed by atoms with Crippen LogP contribution in [0.5, 0.6) is 0 Å². The van der Waals surface area contributed by atoms with Crippen LogP contribution in [0.1, 0.15) is 49.3 Å². The number of H-pyrrole nitrogens is 1. The Morgan fingerprint density at radius 3 is 2.85 bits per heavy atom. The molecule has 27 heavy (non-hydrogen) atoms. The number of benzene rings is 1. The van der Waals surface area contributed by atoms with Gasteiger partial charge in [0.15, 0.2) is 0 Å². The number of rotatable bonds is 3. The van der Waals surface area contributed by atoms with Gasteiger partial charge in [-0.25, -0.2) is 14.1 Å². The van der Waals surface area contributed by atoms with Gasteiger partial charge in [-0.1, -0.05) is 24.3 Å². The third kappa shape index (κ3) is 2.87. The molecule has 0 radical (unpaired) electrons. The van der Waals surface area contributed by atoms with E-state index in [1.807, 2.05) is 30.7 Å². The molecule has 1 aliphatic heterocycles. The number of nitrogens with zero attached hydrogens (tertiary/aromatic N) is 4. The van der Waals surface area contributed by atoms with Gasteiger partial charge in [-0.15, -0.1) is 5.10 Å². The summed E-state index contributed by atoms with van der Waals surface area (Å²) >= 11 is 0. The molecule has 1 aromatic carbocycles. The summed E-state index contributed by atoms with van der Waals surface area (Å²) in [5.41, 5.74) is 2.74. The molecule has 7 heteroatoms. The zero-order valence-electron chi connectivity index (χ0n) is 15.7. The van der Waals surface area contributed by atoms with E-state index in [2.05, 4.69) is 20.3 Å². The highest BCUT2D eigenvalue weighted by Crippen LogP contribution is 2.39. The topological polar surface area (TPSA) is 76.5 Å². The Balaban J connectivity index is 1.85. The van der Waals surface area contributed by atoms with Crippen molar-refractivity contribution in [3.8, 4) is 11.4 Å². The number of hydrogen-bond acceptors (Lipinski definition) is 4. The number of aromatic nitrogens is 5. The molecular weight excluding hydrogens is 345 g/mol. The average Bonchev–Trinajstić information content (AvgIpc) is 3.06. The van der Waals surface area contributed by atoms with Crippen LogP contribution in [0.3, 0.4) is 0 Å². The van der Waals surface area contributed by atoms with E-state index in [0.29, 0.717) is 22.8 Å². The van der Waals surface area contributed by atoms with E-state index in [4.69, 9.17) is 0 Å². The van der Waals surface area contributed by atoms with E-state index >= 15 is 0 Å². The van der Waals surface area contributed by atoms with E-state index in [1.165, 1.54) is 6.07 Å². The first-order valence-electron chi connectivity index (χ1n) is 9.24. The summed E-state index contributed by atoms with van der Waals surface area (Å²) in [6.45, 7) is 5.74. The molecule has 3 aromatic rings. The Hall–Kier alpha value is -2.83. The number of fused-ring (bicyclic) bond motifs is 1. The molecule has 1 atom stereocenters. The predicted molar refractivity (Wildman–Crippen MR) is 100 cm³/mol. The zero-order valence-corrected chi connectivity index (χ0v) is 15.7. The molecule has 140 valence electrons. The van der Waals surface area contributed by atoms with Crippen LogP contribution in [0.15, 0.2) is 29.1 Å². The van der Waals surface area contributed by atoms with Crippen LogP contribution in [-0.4, -0.2) is 25.0 Å². The molecular formula is C20H22FN5O. The van der Waals surface area contributed by atoms with Gasteiger partial charge < -0.3 is 4.98 Å². The van der Waals surface area contributed by atoms with Crippen molar-refractivity contribution in [1.29, 1.82) is 0 Å². The van der Waals surface area contributed by atoms with E-state index in [0.717, 1.165) is 36.9 Å². The second kappa shape index (κ2) is 6.40. The summed E-state index contributed by atoms with van der Waals surface area (Å²) in [5, 5.41) is 8.66. The van der Waals surface area contributed by atoms with Crippen LogP contribution in [0.2, 0.25) is 0 Å². The van der Waals surface area contributed by atoms with Gasteiger partial charge in [-0.3, -0.25) is 4.79 Å². The number of aromatic amines is 1. The highest BCUT2D eigenvalue weighted by atomic mass is 19.1. The largest absolute Gasteiger partial charge is 0.311 e. The molecule has 0 bridgehead atoms. The first kappa shape index (κ1) is 17.6. The predicted octanol–water partition coefficient (Wildman–Crippen LogP) is 3.14. The monoisotopic (exact) mass is 367 g/mol. The maximum atomic E-state index is 14.9. The zero-order chi connectivity index (χ0) is 19.2. The van der Waals surface area contributed by atoms with E-state index in [-0.39, 0.29) is 11.4 Å². The van der Waals surface area contributed by atoms with Crippen molar-refractivity contribution in [2.75, 3.05) is 0 Å². The minimum atomic E-state index is -0.620. The fourth-order valence-corrected chi connectivity index (χ4v) is 3.99. The molecule has 0 spiro atoms. The van der Waals surface area contributed by atoms with E-state index in [9.17, 15) is 9.18 Å². The molecule has 3 heterocycles. The minimum Gasteiger partial charge on any atom is -0.311 e. The first-order chi connectivity index (χ1) is 12.9. The van der Waals surface area contributed by atoms with E-state index in [1.54, 1.807) is 13.0 Å². The van der Waals surface area contributed by atoms with Gasteiger partial charge in [0.25, 0.3) is 5.56 Å². The van der Waals surface area contributed by atoms with Crippen LogP contribution >= 0.6 is 0 Å². The van der Waals surface area contributed by atoms with Gasteiger partial charge >= 0.3 is 0 Å². The van der Waals surface area contributed by atoms with Gasteiger partial charge in [-0.05, 0) is 51.2 Å². The maximum Gasteiger partial charge on any atom is 0.251 e. The second-order valence-corrected chi connectivity index (χ2v) is 7.31. The van der Waals surface area contributed by atoms with Crippen LogP contribution in [0.25, 0.3) is 11.4 Å². The Labute approximate surface area is 156 Å². The van der Waals surface area contributed by atoms with Crippen molar-refractivity contribution in [3.63, 3.8) is 0 Å². The molecule has 0 unspecified atom stereocenters. The molecule has 1 N–H and O–H groups in total. The van der Waals surface area contributed by atoms with Crippen molar-refractivity contribution in [2.45, 2.75) is 52.0 Å². The number of nitrogens with one attached hydrogen (secondary N) is 1. The first-order valence-corrected chi connectivity index (χ1v) is 9.24. The second-order valence-electron chi connectivity index (χ2n) is 7.31. The van der Waals surface area contributed by atoms with Crippen molar-refractivity contribution in [3.05, 3.63) is 63.1 Å². The molecule has 4 rings (SSSR count). The fourth-order valence-electron chi connectivity index (χ4n) is 3.99. The number of aryl methyl sites for hydroxylation is 2. The maximum absolute atomic E-state index is 14.9. The van der Waals surface area contributed by atoms with Crippen LogP contribution in [0, 0.1) is 12.7 Å². The average molecular weight is 367 g/mol. The molecule has 0 amide bonds. The summed E-state index contributed by atoms with van der Waals surface area (Å²) < 4.78 is 16.7. The smallest absolute Gasteiger partial charge is 0.251 e. The summed E-state index contributed by atoms with van der Waals surface area (Å²) in [7, 11) is 0. The van der Waals surface area contributed by atoms with Gasteiger partial charge in [0.2, 0.25) is 0 Å². The molecule has 2 aromatic heterocycles. The lowest BCUT2D eigenvalue weighted by Crippen LogP contribution is -2.38. The Morgan fingerprint density at radius 1 is 1.33 bits per heavy atom. The Bertz CT molecular complexity index is 1070. The lowest BCUT2D eigenvalue weighted by molar-refractivity contribution is 0.267. The fraction of sp³-hybridized carbons (Fsp3) is 0.400. The van der Waals surface area contributed by atoms with Gasteiger partial charge in [0, 0.05) is 11.6 Å². The van der Waals surface area contributed by atoms with Crippen molar-refractivity contribution < 1.29 is 4.39 Å².